The first-order valence-corrected chi connectivity index (χ1v) is 6.40. The van der Waals surface area contributed by atoms with E-state index in [1.54, 1.807) is 30.3 Å². The Kier molecular flexibility index (Phi) is 4.23. The topological polar surface area (TPSA) is 39.3 Å². The molecule has 0 saturated carbocycles. The highest BCUT2D eigenvalue weighted by atomic mass is 19.4. The van der Waals surface area contributed by atoms with E-state index in [1.807, 2.05) is 6.07 Å². The molecule has 0 saturated heterocycles. The molecular formula is C14H17F3N2O. The second-order valence-electron chi connectivity index (χ2n) is 4.93. The van der Waals surface area contributed by atoms with Crippen molar-refractivity contribution >= 4 is 10.9 Å². The molecule has 0 unspecified atom stereocenters. The van der Waals surface area contributed by atoms with Crippen molar-refractivity contribution in [2.24, 2.45) is 0 Å². The minimum Gasteiger partial charge on any atom is -0.507 e. The summed E-state index contributed by atoms with van der Waals surface area (Å²) in [5, 5.41) is 10.6. The zero-order valence-corrected chi connectivity index (χ0v) is 11.2. The number of likely N-dealkylation sites (N-methyl/N-ethyl adjacent to an activating group) is 1. The first-order valence-electron chi connectivity index (χ1n) is 6.40. The number of aromatic hydroxyl groups is 1. The van der Waals surface area contributed by atoms with Crippen LogP contribution in [0.4, 0.5) is 13.2 Å². The van der Waals surface area contributed by atoms with Crippen molar-refractivity contribution in [2.45, 2.75) is 19.0 Å². The van der Waals surface area contributed by atoms with Crippen LogP contribution in [0.3, 0.4) is 0 Å². The summed E-state index contributed by atoms with van der Waals surface area (Å²) in [6.07, 6.45) is -2.54. The van der Waals surface area contributed by atoms with Crippen LogP contribution in [0, 0.1) is 0 Å². The zero-order valence-electron chi connectivity index (χ0n) is 11.2. The van der Waals surface area contributed by atoms with E-state index in [0.717, 1.165) is 16.5 Å². The van der Waals surface area contributed by atoms with Crippen molar-refractivity contribution in [3.8, 4) is 5.75 Å². The highest BCUT2D eigenvalue weighted by Gasteiger charge is 2.26. The van der Waals surface area contributed by atoms with Gasteiger partial charge in [-0.05, 0) is 31.2 Å². The smallest absolute Gasteiger partial charge is 0.390 e. The number of aromatic amines is 1. The number of nitrogens with one attached hydrogen (secondary N) is 1. The van der Waals surface area contributed by atoms with Gasteiger partial charge in [-0.15, -0.1) is 0 Å². The normalized spacial score (nSPS) is 12.4. The lowest BCUT2D eigenvalue weighted by atomic mass is 10.1. The summed E-state index contributed by atoms with van der Waals surface area (Å²) < 4.78 is 36.4. The van der Waals surface area contributed by atoms with E-state index in [0.29, 0.717) is 13.0 Å². The van der Waals surface area contributed by atoms with Crippen LogP contribution in [0.1, 0.15) is 12.0 Å². The molecule has 1 aromatic heterocycles. The zero-order chi connectivity index (χ0) is 14.8. The van der Waals surface area contributed by atoms with Crippen LogP contribution in [0.5, 0.6) is 5.75 Å². The molecule has 3 nitrogen and oxygen atoms in total. The number of rotatable bonds is 5. The Morgan fingerprint density at radius 2 is 2.00 bits per heavy atom. The van der Waals surface area contributed by atoms with Gasteiger partial charge in [0.05, 0.1) is 6.42 Å². The molecular weight excluding hydrogens is 269 g/mol. The summed E-state index contributed by atoms with van der Waals surface area (Å²) in [6.45, 7) is 0.495. The van der Waals surface area contributed by atoms with Gasteiger partial charge in [-0.3, -0.25) is 0 Å². The molecule has 0 aliphatic rings. The molecule has 0 spiro atoms. The van der Waals surface area contributed by atoms with E-state index >= 15 is 0 Å². The molecule has 20 heavy (non-hydrogen) atoms. The Morgan fingerprint density at radius 1 is 1.25 bits per heavy atom. The van der Waals surface area contributed by atoms with Crippen molar-refractivity contribution in [3.05, 3.63) is 30.0 Å². The predicted molar refractivity (Wildman–Crippen MR) is 71.8 cm³/mol. The maximum Gasteiger partial charge on any atom is 0.390 e. The fourth-order valence-electron chi connectivity index (χ4n) is 2.17. The minimum absolute atomic E-state index is 0.0160. The third-order valence-corrected chi connectivity index (χ3v) is 3.31. The van der Waals surface area contributed by atoms with Crippen molar-refractivity contribution in [1.82, 2.24) is 9.88 Å². The van der Waals surface area contributed by atoms with Gasteiger partial charge in [0, 0.05) is 30.2 Å². The third kappa shape index (κ3) is 3.66. The van der Waals surface area contributed by atoms with Gasteiger partial charge in [0.2, 0.25) is 0 Å². The molecule has 2 N–H and O–H groups in total. The summed E-state index contributed by atoms with van der Waals surface area (Å²) in [5.41, 5.74) is 1.75. The van der Waals surface area contributed by atoms with E-state index in [2.05, 4.69) is 4.98 Å². The fraction of sp³-hybridized carbons (Fsp3) is 0.429. The summed E-state index contributed by atoms with van der Waals surface area (Å²) >= 11 is 0. The van der Waals surface area contributed by atoms with Crippen molar-refractivity contribution < 1.29 is 18.3 Å². The largest absolute Gasteiger partial charge is 0.507 e. The van der Waals surface area contributed by atoms with E-state index < -0.39 is 12.6 Å². The number of aromatic nitrogens is 1. The third-order valence-electron chi connectivity index (χ3n) is 3.31. The lowest BCUT2D eigenvalue weighted by Gasteiger charge is -2.17. The number of halogens is 3. The average molecular weight is 286 g/mol. The molecule has 110 valence electrons. The van der Waals surface area contributed by atoms with Crippen molar-refractivity contribution in [2.75, 3.05) is 20.1 Å². The molecule has 2 aromatic rings. The molecule has 0 atom stereocenters. The molecule has 6 heteroatoms. The molecule has 2 rings (SSSR count). The van der Waals surface area contributed by atoms with Crippen molar-refractivity contribution in [1.29, 1.82) is 0 Å². The van der Waals surface area contributed by atoms with E-state index in [4.69, 9.17) is 0 Å². The average Bonchev–Trinajstić information content (AvgIpc) is 2.78. The number of alkyl halides is 3. The fourth-order valence-corrected chi connectivity index (χ4v) is 2.17. The Balaban J connectivity index is 1.96. The van der Waals surface area contributed by atoms with Gasteiger partial charge < -0.3 is 15.0 Å². The molecule has 0 aliphatic carbocycles. The first-order chi connectivity index (χ1) is 9.37. The predicted octanol–water partition coefficient (Wildman–Crippen LogP) is 3.30. The number of fused-ring (bicyclic) bond motifs is 1. The van der Waals surface area contributed by atoms with Crippen LogP contribution < -0.4 is 0 Å². The summed E-state index contributed by atoms with van der Waals surface area (Å²) in [6, 6.07) is 5.20. The molecule has 0 radical (unpaired) electrons. The van der Waals surface area contributed by atoms with E-state index in [-0.39, 0.29) is 12.3 Å². The van der Waals surface area contributed by atoms with Gasteiger partial charge >= 0.3 is 6.18 Å². The summed E-state index contributed by atoms with van der Waals surface area (Å²) in [7, 11) is 1.67. The van der Waals surface area contributed by atoms with Gasteiger partial charge in [0.15, 0.2) is 0 Å². The Labute approximate surface area is 115 Å². The van der Waals surface area contributed by atoms with E-state index in [9.17, 15) is 18.3 Å². The van der Waals surface area contributed by atoms with E-state index in [1.165, 1.54) is 0 Å². The van der Waals surface area contributed by atoms with Crippen LogP contribution in [-0.4, -0.2) is 41.3 Å². The van der Waals surface area contributed by atoms with Gasteiger partial charge in [-0.25, -0.2) is 0 Å². The molecule has 0 amide bonds. The molecule has 1 aromatic carbocycles. The standard InChI is InChI=1S/C14H17F3N2O/c1-19(8-6-14(15,16)17)7-5-10-9-18-11-3-2-4-12(20)13(10)11/h2-4,9,18,20H,5-8H2,1H3. The van der Waals surface area contributed by atoms with Gasteiger partial charge in [0.25, 0.3) is 0 Å². The maximum atomic E-state index is 12.1. The number of hydrogen-bond donors (Lipinski definition) is 2. The van der Waals surface area contributed by atoms with Crippen LogP contribution in [0.2, 0.25) is 0 Å². The minimum atomic E-state index is -4.12. The Hall–Kier alpha value is -1.69. The summed E-state index contributed by atoms with van der Waals surface area (Å²) in [4.78, 5) is 4.70. The monoisotopic (exact) mass is 286 g/mol. The second-order valence-corrected chi connectivity index (χ2v) is 4.93. The number of H-pyrrole nitrogens is 1. The number of nitrogens with zero attached hydrogens (tertiary/aromatic N) is 1. The molecule has 1 heterocycles. The van der Waals surface area contributed by atoms with Crippen LogP contribution >= 0.6 is 0 Å². The SMILES string of the molecule is CN(CCc1c[nH]c2cccc(O)c12)CCC(F)(F)F. The lowest BCUT2D eigenvalue weighted by Crippen LogP contribution is -2.26. The van der Waals surface area contributed by atoms with Crippen LogP contribution in [0.25, 0.3) is 10.9 Å². The number of benzene rings is 1. The second kappa shape index (κ2) is 5.75. The number of phenolic OH excluding ortho intramolecular Hbond substituents is 1. The lowest BCUT2D eigenvalue weighted by molar-refractivity contribution is -0.137. The van der Waals surface area contributed by atoms with Crippen LogP contribution in [0.15, 0.2) is 24.4 Å². The molecule has 0 fully saturated rings. The molecule has 0 aliphatic heterocycles. The Bertz CT molecular complexity index is 577. The van der Waals surface area contributed by atoms with Crippen molar-refractivity contribution in [3.63, 3.8) is 0 Å². The molecule has 0 bridgehead atoms. The summed E-state index contributed by atoms with van der Waals surface area (Å²) in [5.74, 6) is 0.191. The quantitative estimate of drug-likeness (QED) is 0.885. The van der Waals surface area contributed by atoms with Crippen LogP contribution in [-0.2, 0) is 6.42 Å². The highest BCUT2D eigenvalue weighted by Crippen LogP contribution is 2.28. The first kappa shape index (κ1) is 14.7. The highest BCUT2D eigenvalue weighted by molar-refractivity contribution is 5.88. The number of hydrogen-bond acceptors (Lipinski definition) is 2. The van der Waals surface area contributed by atoms with Gasteiger partial charge in [0.1, 0.15) is 5.75 Å². The van der Waals surface area contributed by atoms with Gasteiger partial charge in [-0.1, -0.05) is 6.07 Å². The maximum absolute atomic E-state index is 12.1. The Morgan fingerprint density at radius 3 is 2.70 bits per heavy atom. The number of phenols is 1. The van der Waals surface area contributed by atoms with Gasteiger partial charge in [-0.2, -0.15) is 13.2 Å².